The molecule has 0 saturated heterocycles. The standard InChI is InChI=1S/C20H23NO2/c22-20(23)19(15-7-13-17-9-3-1-4-10-17)21-16-8-14-18-11-5-2-6-12-18/h1-7,9-12,19,21H,8,13-16H2/p+1/t19-/m0/s1. The second-order valence-corrected chi connectivity index (χ2v) is 5.65. The molecule has 2 rings (SSSR count). The molecule has 0 spiro atoms. The molecule has 3 nitrogen and oxygen atoms in total. The Hall–Kier alpha value is -2.26. The quantitative estimate of drug-likeness (QED) is 0.521. The van der Waals surface area contributed by atoms with Crippen LogP contribution in [0, 0.1) is 6.42 Å². The minimum Gasteiger partial charge on any atom is -0.480 e. The van der Waals surface area contributed by atoms with Crippen LogP contribution in [-0.2, 0) is 17.6 Å². The van der Waals surface area contributed by atoms with Crippen LogP contribution in [0.15, 0.2) is 60.7 Å². The van der Waals surface area contributed by atoms with E-state index in [2.05, 4.69) is 29.6 Å². The molecule has 0 heterocycles. The molecular formula is C20H24NO2+. The van der Waals surface area contributed by atoms with Gasteiger partial charge < -0.3 is 10.4 Å². The molecule has 0 radical (unpaired) electrons. The van der Waals surface area contributed by atoms with Gasteiger partial charge in [-0.3, -0.25) is 4.79 Å². The van der Waals surface area contributed by atoms with Crippen molar-refractivity contribution in [3.8, 4) is 0 Å². The minimum absolute atomic E-state index is 0.505. The Bertz CT molecular complexity index is 569. The zero-order valence-corrected chi connectivity index (χ0v) is 13.3. The zero-order chi connectivity index (χ0) is 16.3. The fraction of sp³-hybridized carbons (Fsp3) is 0.300. The highest BCUT2D eigenvalue weighted by molar-refractivity contribution is 5.73. The smallest absolute Gasteiger partial charge is 0.325 e. The number of hydrogen-bond donors (Lipinski definition) is 2. The van der Waals surface area contributed by atoms with Gasteiger partial charge in [0.2, 0.25) is 0 Å². The van der Waals surface area contributed by atoms with Gasteiger partial charge in [-0.1, -0.05) is 60.7 Å². The number of aliphatic carboxylic acids is 1. The van der Waals surface area contributed by atoms with Crippen LogP contribution in [0.25, 0.3) is 0 Å². The molecule has 1 atom stereocenters. The predicted octanol–water partition coefficient (Wildman–Crippen LogP) is 3.50. The number of rotatable bonds is 10. The van der Waals surface area contributed by atoms with E-state index in [0.717, 1.165) is 19.3 Å². The summed E-state index contributed by atoms with van der Waals surface area (Å²) < 4.78 is 0. The lowest BCUT2D eigenvalue weighted by Gasteiger charge is -2.10. The molecule has 0 bridgehead atoms. The summed E-state index contributed by atoms with van der Waals surface area (Å²) in [6.07, 6.45) is 5.28. The molecule has 0 unspecified atom stereocenters. The molecule has 2 N–H and O–H groups in total. The van der Waals surface area contributed by atoms with Crippen molar-refractivity contribution < 1.29 is 9.90 Å². The summed E-state index contributed by atoms with van der Waals surface area (Å²) in [5, 5.41) is 12.4. The van der Waals surface area contributed by atoms with E-state index in [4.69, 9.17) is 0 Å². The zero-order valence-electron chi connectivity index (χ0n) is 13.3. The van der Waals surface area contributed by atoms with E-state index in [-0.39, 0.29) is 0 Å². The molecule has 0 aliphatic carbocycles. The van der Waals surface area contributed by atoms with Crippen molar-refractivity contribution in [1.82, 2.24) is 5.32 Å². The highest BCUT2D eigenvalue weighted by atomic mass is 16.4. The van der Waals surface area contributed by atoms with Crippen LogP contribution in [0.3, 0.4) is 0 Å². The van der Waals surface area contributed by atoms with Gasteiger partial charge in [0, 0.05) is 0 Å². The van der Waals surface area contributed by atoms with E-state index in [1.54, 1.807) is 0 Å². The Balaban J connectivity index is 1.66. The van der Waals surface area contributed by atoms with Crippen LogP contribution in [0.2, 0.25) is 0 Å². The van der Waals surface area contributed by atoms with Gasteiger partial charge in [-0.2, -0.15) is 0 Å². The topological polar surface area (TPSA) is 49.3 Å². The first-order chi connectivity index (χ1) is 11.3. The van der Waals surface area contributed by atoms with E-state index >= 15 is 0 Å². The van der Waals surface area contributed by atoms with Gasteiger partial charge in [-0.25, -0.2) is 0 Å². The molecule has 0 aliphatic heterocycles. The molecular weight excluding hydrogens is 286 g/mol. The maximum absolute atomic E-state index is 11.3. The van der Waals surface area contributed by atoms with Crippen molar-refractivity contribution in [3.63, 3.8) is 0 Å². The first-order valence-electron chi connectivity index (χ1n) is 8.11. The van der Waals surface area contributed by atoms with Gasteiger partial charge in [0.25, 0.3) is 0 Å². The molecule has 0 saturated carbocycles. The number of carboxylic acids is 1. The highest BCUT2D eigenvalue weighted by Crippen LogP contribution is 2.07. The van der Waals surface area contributed by atoms with E-state index in [9.17, 15) is 9.90 Å². The fourth-order valence-corrected chi connectivity index (χ4v) is 2.52. The summed E-state index contributed by atoms with van der Waals surface area (Å²) in [7, 11) is 0. The predicted molar refractivity (Wildman–Crippen MR) is 93.3 cm³/mol. The van der Waals surface area contributed by atoms with Crippen LogP contribution in [-0.4, -0.2) is 23.7 Å². The second kappa shape index (κ2) is 9.70. The Labute approximate surface area is 138 Å². The van der Waals surface area contributed by atoms with E-state index < -0.39 is 12.0 Å². The van der Waals surface area contributed by atoms with Crippen LogP contribution in [0.5, 0.6) is 0 Å². The van der Waals surface area contributed by atoms with Gasteiger partial charge in [-0.05, 0) is 30.5 Å². The monoisotopic (exact) mass is 310 g/mol. The molecule has 0 aliphatic rings. The second-order valence-electron chi connectivity index (χ2n) is 5.65. The number of hydrogen-bond acceptors (Lipinski definition) is 2. The van der Waals surface area contributed by atoms with E-state index in [0.29, 0.717) is 13.0 Å². The summed E-state index contributed by atoms with van der Waals surface area (Å²) in [5.41, 5.74) is 2.50. The summed E-state index contributed by atoms with van der Waals surface area (Å²) in [5.74, 6) is -0.783. The van der Waals surface area contributed by atoms with Gasteiger partial charge in [0.15, 0.2) is 0 Å². The summed E-state index contributed by atoms with van der Waals surface area (Å²) in [6, 6.07) is 19.9. The van der Waals surface area contributed by atoms with Crippen LogP contribution in [0.4, 0.5) is 0 Å². The van der Waals surface area contributed by atoms with E-state index in [1.807, 2.05) is 42.8 Å². The Morgan fingerprint density at radius 3 is 2.22 bits per heavy atom. The third-order valence-corrected chi connectivity index (χ3v) is 3.80. The SMILES string of the molecule is O=C(O)[C@H](C[CH+]Cc1ccccc1)NCCCc1ccccc1. The van der Waals surface area contributed by atoms with Crippen molar-refractivity contribution in [2.45, 2.75) is 31.7 Å². The van der Waals surface area contributed by atoms with Crippen molar-refractivity contribution in [3.05, 3.63) is 78.2 Å². The lowest BCUT2D eigenvalue weighted by Crippen LogP contribution is -2.37. The maximum Gasteiger partial charge on any atom is 0.325 e. The fourth-order valence-electron chi connectivity index (χ4n) is 2.52. The molecule has 120 valence electrons. The molecule has 3 heteroatoms. The van der Waals surface area contributed by atoms with Crippen LogP contribution < -0.4 is 5.32 Å². The average Bonchev–Trinajstić information content (AvgIpc) is 2.58. The molecule has 0 aromatic heterocycles. The molecule has 23 heavy (non-hydrogen) atoms. The summed E-state index contributed by atoms with van der Waals surface area (Å²) >= 11 is 0. The third-order valence-electron chi connectivity index (χ3n) is 3.80. The highest BCUT2D eigenvalue weighted by Gasteiger charge is 2.20. The van der Waals surface area contributed by atoms with E-state index in [1.165, 1.54) is 11.1 Å². The molecule has 2 aromatic carbocycles. The number of aryl methyl sites for hydroxylation is 1. The lowest BCUT2D eigenvalue weighted by molar-refractivity contribution is -0.139. The average molecular weight is 310 g/mol. The van der Waals surface area contributed by atoms with Crippen LogP contribution in [0.1, 0.15) is 24.0 Å². The Morgan fingerprint density at radius 2 is 1.61 bits per heavy atom. The van der Waals surface area contributed by atoms with Crippen molar-refractivity contribution >= 4 is 5.97 Å². The number of carboxylic acid groups (broad SMARTS) is 1. The van der Waals surface area contributed by atoms with Crippen molar-refractivity contribution in [1.29, 1.82) is 0 Å². The minimum atomic E-state index is -0.783. The Kier molecular flexibility index (Phi) is 7.21. The summed E-state index contributed by atoms with van der Waals surface area (Å²) in [4.78, 5) is 11.3. The first kappa shape index (κ1) is 17.1. The van der Waals surface area contributed by atoms with Crippen molar-refractivity contribution in [2.24, 2.45) is 0 Å². The van der Waals surface area contributed by atoms with Crippen LogP contribution >= 0.6 is 0 Å². The molecule has 2 aromatic rings. The van der Waals surface area contributed by atoms with Gasteiger partial charge in [0.05, 0.1) is 6.42 Å². The number of carbonyl (C=O) groups is 1. The van der Waals surface area contributed by atoms with Gasteiger partial charge in [0.1, 0.15) is 18.9 Å². The van der Waals surface area contributed by atoms with Gasteiger partial charge >= 0.3 is 5.97 Å². The van der Waals surface area contributed by atoms with Gasteiger partial charge in [-0.15, -0.1) is 0 Å². The number of benzene rings is 2. The lowest BCUT2D eigenvalue weighted by atomic mass is 10.0. The third kappa shape index (κ3) is 6.57. The van der Waals surface area contributed by atoms with Crippen molar-refractivity contribution in [2.75, 3.05) is 6.54 Å². The molecule has 0 amide bonds. The normalized spacial score (nSPS) is 11.8. The molecule has 0 fully saturated rings. The maximum atomic E-state index is 11.3. The Morgan fingerprint density at radius 1 is 1.00 bits per heavy atom. The summed E-state index contributed by atoms with van der Waals surface area (Å²) in [6.45, 7) is 0.713. The number of nitrogens with one attached hydrogen (secondary N) is 1. The first-order valence-corrected chi connectivity index (χ1v) is 8.11. The largest absolute Gasteiger partial charge is 0.480 e.